The maximum absolute atomic E-state index is 11.7. The molecule has 0 bridgehead atoms. The van der Waals surface area contributed by atoms with Gasteiger partial charge in [-0.15, -0.1) is 0 Å². The van der Waals surface area contributed by atoms with Crippen molar-refractivity contribution in [2.75, 3.05) is 11.3 Å². The molecule has 1 aromatic rings. The van der Waals surface area contributed by atoms with Crippen LogP contribution in [-0.2, 0) is 19.6 Å². The molecule has 0 aliphatic heterocycles. The maximum Gasteiger partial charge on any atom is 0.330 e. The number of hydrogen-bond donors (Lipinski definition) is 1. The van der Waals surface area contributed by atoms with Crippen molar-refractivity contribution in [1.82, 2.24) is 0 Å². The van der Waals surface area contributed by atoms with E-state index >= 15 is 0 Å². The Morgan fingerprint density at radius 3 is 2.40 bits per heavy atom. The first-order chi connectivity index (χ1) is 9.35. The quantitative estimate of drug-likeness (QED) is 0.646. The third kappa shape index (κ3) is 5.05. The normalized spacial score (nSPS) is 11.8. The Morgan fingerprint density at radius 1 is 1.30 bits per heavy atom. The molecule has 0 amide bonds. The van der Waals surface area contributed by atoms with Gasteiger partial charge in [-0.25, -0.2) is 13.2 Å². The molecule has 0 unspecified atom stereocenters. The summed E-state index contributed by atoms with van der Waals surface area (Å²) in [6.45, 7) is 5.29. The third-order valence-electron chi connectivity index (χ3n) is 2.49. The summed E-state index contributed by atoms with van der Waals surface area (Å²) < 4.78 is 30.6. The zero-order valence-corrected chi connectivity index (χ0v) is 12.6. The maximum atomic E-state index is 11.7. The van der Waals surface area contributed by atoms with Crippen molar-refractivity contribution in [1.29, 1.82) is 0 Å². The Balaban J connectivity index is 2.72. The molecule has 0 saturated heterocycles. The van der Waals surface area contributed by atoms with E-state index in [-0.39, 0.29) is 0 Å². The number of nitrogens with one attached hydrogen (secondary N) is 1. The lowest BCUT2D eigenvalue weighted by Crippen LogP contribution is -2.22. The van der Waals surface area contributed by atoms with Crippen LogP contribution in [0.25, 0.3) is 6.08 Å². The fourth-order valence-corrected chi connectivity index (χ4v) is 2.00. The molecule has 6 heteroatoms. The van der Waals surface area contributed by atoms with Crippen LogP contribution >= 0.6 is 0 Å². The fraction of sp³-hybridized carbons (Fsp3) is 0.357. The standard InChI is InChI=1S/C14H19NO4S/c1-4-19-14(16)10-7-12-5-8-13(9-6-12)15-20(17,18)11(2)3/h5-11,15H,4H2,1-3H3. The molecule has 5 nitrogen and oxygen atoms in total. The summed E-state index contributed by atoms with van der Waals surface area (Å²) in [6.07, 6.45) is 2.94. The lowest BCUT2D eigenvalue weighted by molar-refractivity contribution is -0.137. The van der Waals surface area contributed by atoms with E-state index in [0.717, 1.165) is 5.56 Å². The number of esters is 1. The zero-order valence-electron chi connectivity index (χ0n) is 11.8. The Kier molecular flexibility index (Phi) is 5.76. The second-order valence-corrected chi connectivity index (χ2v) is 6.64. The number of benzene rings is 1. The molecule has 0 spiro atoms. The summed E-state index contributed by atoms with van der Waals surface area (Å²) in [6, 6.07) is 6.72. The van der Waals surface area contributed by atoms with E-state index in [2.05, 4.69) is 4.72 Å². The van der Waals surface area contributed by atoms with Crippen LogP contribution in [0.2, 0.25) is 0 Å². The van der Waals surface area contributed by atoms with Gasteiger partial charge in [0.25, 0.3) is 0 Å². The number of rotatable bonds is 6. The molecule has 0 heterocycles. The number of sulfonamides is 1. The molecule has 0 fully saturated rings. The Hall–Kier alpha value is -1.82. The van der Waals surface area contributed by atoms with Crippen LogP contribution in [0.3, 0.4) is 0 Å². The van der Waals surface area contributed by atoms with Gasteiger partial charge in [0.05, 0.1) is 11.9 Å². The summed E-state index contributed by atoms with van der Waals surface area (Å²) in [4.78, 5) is 11.1. The second kappa shape index (κ2) is 7.09. The van der Waals surface area contributed by atoms with Crippen molar-refractivity contribution in [3.8, 4) is 0 Å². The molecule has 0 aliphatic carbocycles. The molecule has 0 saturated carbocycles. The predicted octanol–water partition coefficient (Wildman–Crippen LogP) is 2.41. The molecular formula is C14H19NO4S. The van der Waals surface area contributed by atoms with Crippen LogP contribution in [0.5, 0.6) is 0 Å². The molecule has 1 aromatic carbocycles. The molecule has 0 radical (unpaired) electrons. The number of carbonyl (C=O) groups excluding carboxylic acids is 1. The first-order valence-corrected chi connectivity index (χ1v) is 7.86. The van der Waals surface area contributed by atoms with Gasteiger partial charge in [-0.1, -0.05) is 12.1 Å². The third-order valence-corrected chi connectivity index (χ3v) is 4.25. The minimum absolute atomic E-state index is 0.332. The van der Waals surface area contributed by atoms with Crippen molar-refractivity contribution in [3.63, 3.8) is 0 Å². The highest BCUT2D eigenvalue weighted by molar-refractivity contribution is 7.93. The van der Waals surface area contributed by atoms with E-state index in [1.807, 2.05) is 0 Å². The Bertz CT molecular complexity index is 574. The van der Waals surface area contributed by atoms with Crippen LogP contribution < -0.4 is 4.72 Å². The Morgan fingerprint density at radius 2 is 1.90 bits per heavy atom. The topological polar surface area (TPSA) is 72.5 Å². The highest BCUT2D eigenvalue weighted by Crippen LogP contribution is 2.14. The largest absolute Gasteiger partial charge is 0.463 e. The molecule has 0 aromatic heterocycles. The van der Waals surface area contributed by atoms with Gasteiger partial charge in [0.2, 0.25) is 10.0 Å². The first kappa shape index (κ1) is 16.2. The minimum atomic E-state index is -3.34. The number of hydrogen-bond acceptors (Lipinski definition) is 4. The fourth-order valence-electron chi connectivity index (χ4n) is 1.30. The summed E-state index contributed by atoms with van der Waals surface area (Å²) in [5, 5.41) is -0.495. The molecular weight excluding hydrogens is 278 g/mol. The van der Waals surface area contributed by atoms with E-state index in [4.69, 9.17) is 4.74 Å². The van der Waals surface area contributed by atoms with Crippen LogP contribution in [0.15, 0.2) is 30.3 Å². The van der Waals surface area contributed by atoms with E-state index in [1.165, 1.54) is 6.08 Å². The minimum Gasteiger partial charge on any atom is -0.463 e. The van der Waals surface area contributed by atoms with E-state index < -0.39 is 21.2 Å². The summed E-state index contributed by atoms with van der Waals surface area (Å²) in [7, 11) is -3.34. The van der Waals surface area contributed by atoms with E-state index in [0.29, 0.717) is 12.3 Å². The molecule has 0 atom stereocenters. The molecule has 1 rings (SSSR count). The summed E-state index contributed by atoms with van der Waals surface area (Å²) in [5.74, 6) is -0.405. The van der Waals surface area contributed by atoms with Crippen molar-refractivity contribution in [2.24, 2.45) is 0 Å². The number of anilines is 1. The van der Waals surface area contributed by atoms with Crippen molar-refractivity contribution in [2.45, 2.75) is 26.0 Å². The van der Waals surface area contributed by atoms with Crippen molar-refractivity contribution >= 4 is 27.8 Å². The second-order valence-electron chi connectivity index (χ2n) is 4.40. The van der Waals surface area contributed by atoms with Gasteiger partial charge in [0, 0.05) is 11.8 Å². The van der Waals surface area contributed by atoms with E-state index in [1.54, 1.807) is 51.1 Å². The van der Waals surface area contributed by atoms with E-state index in [9.17, 15) is 13.2 Å². The number of ether oxygens (including phenoxy) is 1. The molecule has 110 valence electrons. The molecule has 1 N–H and O–H groups in total. The lowest BCUT2D eigenvalue weighted by atomic mass is 10.2. The summed E-state index contributed by atoms with van der Waals surface area (Å²) >= 11 is 0. The Labute approximate surface area is 119 Å². The SMILES string of the molecule is CCOC(=O)C=Cc1ccc(NS(=O)(=O)C(C)C)cc1. The van der Waals surface area contributed by atoms with Gasteiger partial charge < -0.3 is 4.74 Å². The van der Waals surface area contributed by atoms with Crippen molar-refractivity contribution in [3.05, 3.63) is 35.9 Å². The van der Waals surface area contributed by atoms with Crippen LogP contribution in [-0.4, -0.2) is 26.2 Å². The van der Waals surface area contributed by atoms with Gasteiger partial charge in [0.1, 0.15) is 0 Å². The smallest absolute Gasteiger partial charge is 0.330 e. The van der Waals surface area contributed by atoms with Crippen LogP contribution in [0, 0.1) is 0 Å². The van der Waals surface area contributed by atoms with Gasteiger partial charge in [0.15, 0.2) is 0 Å². The lowest BCUT2D eigenvalue weighted by Gasteiger charge is -2.10. The summed E-state index contributed by atoms with van der Waals surface area (Å²) in [5.41, 5.74) is 1.28. The zero-order chi connectivity index (χ0) is 15.2. The van der Waals surface area contributed by atoms with Crippen molar-refractivity contribution < 1.29 is 17.9 Å². The van der Waals surface area contributed by atoms with Crippen LogP contribution in [0.1, 0.15) is 26.3 Å². The monoisotopic (exact) mass is 297 g/mol. The average Bonchev–Trinajstić information content (AvgIpc) is 2.38. The van der Waals surface area contributed by atoms with Gasteiger partial charge in [-0.3, -0.25) is 4.72 Å². The van der Waals surface area contributed by atoms with Gasteiger partial charge in [-0.2, -0.15) is 0 Å². The highest BCUT2D eigenvalue weighted by Gasteiger charge is 2.14. The van der Waals surface area contributed by atoms with Gasteiger partial charge in [-0.05, 0) is 44.5 Å². The first-order valence-electron chi connectivity index (χ1n) is 6.31. The predicted molar refractivity (Wildman–Crippen MR) is 79.8 cm³/mol. The van der Waals surface area contributed by atoms with Crippen LogP contribution in [0.4, 0.5) is 5.69 Å². The molecule has 0 aliphatic rings. The highest BCUT2D eigenvalue weighted by atomic mass is 32.2. The average molecular weight is 297 g/mol. The number of carbonyl (C=O) groups is 1. The molecule has 20 heavy (non-hydrogen) atoms. The van der Waals surface area contributed by atoms with Gasteiger partial charge >= 0.3 is 5.97 Å².